The number of carbonyl (C=O) groups is 1. The number of nitrogens with zero attached hydrogens (tertiary/aromatic N) is 1. The van der Waals surface area contributed by atoms with Gasteiger partial charge < -0.3 is 9.64 Å². The molecule has 28 heavy (non-hydrogen) atoms. The minimum absolute atomic E-state index is 0.0435. The summed E-state index contributed by atoms with van der Waals surface area (Å²) in [5.41, 5.74) is 1.42. The van der Waals surface area contributed by atoms with Crippen molar-refractivity contribution in [3.8, 4) is 5.75 Å². The first-order chi connectivity index (χ1) is 13.2. The Morgan fingerprint density at radius 1 is 1.29 bits per heavy atom. The zero-order chi connectivity index (χ0) is 20.3. The number of benzene rings is 2. The van der Waals surface area contributed by atoms with Gasteiger partial charge in [-0.2, -0.15) is 0 Å². The molecule has 1 saturated heterocycles. The average Bonchev–Trinajstić information content (AvgIpc) is 3.00. The van der Waals surface area contributed by atoms with Crippen molar-refractivity contribution in [2.24, 2.45) is 0 Å². The quantitative estimate of drug-likeness (QED) is 0.711. The van der Waals surface area contributed by atoms with Gasteiger partial charge >= 0.3 is 0 Å². The second kappa shape index (κ2) is 8.49. The maximum absolute atomic E-state index is 13.5. The number of hydrogen-bond acceptors (Lipinski definition) is 4. The SMILES string of the molecule is Cc1cc(OCC(=O)N(Cc2cccc(F)c2)[C@H]2CCS(=O)(=O)C2)ccc1Cl. The topological polar surface area (TPSA) is 63.7 Å². The van der Waals surface area contributed by atoms with Crippen LogP contribution in [0.4, 0.5) is 4.39 Å². The van der Waals surface area contributed by atoms with E-state index in [1.807, 2.05) is 6.92 Å². The van der Waals surface area contributed by atoms with Gasteiger partial charge in [-0.05, 0) is 54.8 Å². The smallest absolute Gasteiger partial charge is 0.261 e. The number of aryl methyl sites for hydroxylation is 1. The lowest BCUT2D eigenvalue weighted by molar-refractivity contribution is -0.136. The van der Waals surface area contributed by atoms with E-state index < -0.39 is 21.7 Å². The van der Waals surface area contributed by atoms with Gasteiger partial charge in [0.1, 0.15) is 11.6 Å². The van der Waals surface area contributed by atoms with E-state index in [1.54, 1.807) is 30.3 Å². The number of hydrogen-bond donors (Lipinski definition) is 0. The summed E-state index contributed by atoms with van der Waals surface area (Å²) in [4.78, 5) is 14.3. The van der Waals surface area contributed by atoms with Gasteiger partial charge in [-0.3, -0.25) is 4.79 Å². The normalized spacial score (nSPS) is 18.0. The van der Waals surface area contributed by atoms with Crippen LogP contribution in [0.3, 0.4) is 0 Å². The number of sulfone groups is 1. The van der Waals surface area contributed by atoms with Crippen LogP contribution < -0.4 is 4.74 Å². The van der Waals surface area contributed by atoms with Crippen LogP contribution in [0.1, 0.15) is 17.5 Å². The molecule has 0 unspecified atom stereocenters. The Bertz CT molecular complexity index is 980. The van der Waals surface area contributed by atoms with Crippen LogP contribution in [0.5, 0.6) is 5.75 Å². The number of halogens is 2. The highest BCUT2D eigenvalue weighted by atomic mass is 35.5. The van der Waals surface area contributed by atoms with Crippen LogP contribution in [0.15, 0.2) is 42.5 Å². The van der Waals surface area contributed by atoms with Crippen LogP contribution in [-0.4, -0.2) is 43.4 Å². The third-order valence-electron chi connectivity index (χ3n) is 4.70. The van der Waals surface area contributed by atoms with Crippen LogP contribution in [0.25, 0.3) is 0 Å². The molecule has 0 N–H and O–H groups in total. The Morgan fingerprint density at radius 3 is 2.71 bits per heavy atom. The first kappa shape index (κ1) is 20.6. The Hall–Kier alpha value is -2.12. The van der Waals surface area contributed by atoms with Crippen molar-refractivity contribution in [1.82, 2.24) is 4.90 Å². The molecule has 150 valence electrons. The third kappa shape index (κ3) is 5.23. The number of rotatable bonds is 6. The van der Waals surface area contributed by atoms with Crippen LogP contribution >= 0.6 is 11.6 Å². The van der Waals surface area contributed by atoms with Crippen molar-refractivity contribution in [3.05, 3.63) is 64.4 Å². The Kier molecular flexibility index (Phi) is 6.25. The Morgan fingerprint density at radius 2 is 2.07 bits per heavy atom. The molecule has 2 aromatic rings. The molecule has 1 heterocycles. The van der Waals surface area contributed by atoms with Crippen molar-refractivity contribution in [1.29, 1.82) is 0 Å². The molecule has 0 aromatic heterocycles. The lowest BCUT2D eigenvalue weighted by Gasteiger charge is -2.28. The summed E-state index contributed by atoms with van der Waals surface area (Å²) in [7, 11) is -3.18. The molecule has 1 amide bonds. The fourth-order valence-electron chi connectivity index (χ4n) is 3.21. The van der Waals surface area contributed by atoms with Gasteiger partial charge in [0, 0.05) is 17.6 Å². The minimum Gasteiger partial charge on any atom is -0.484 e. The van der Waals surface area contributed by atoms with Gasteiger partial charge in [0.15, 0.2) is 16.4 Å². The van der Waals surface area contributed by atoms with Gasteiger partial charge in [-0.1, -0.05) is 23.7 Å². The molecule has 1 atom stereocenters. The number of carbonyl (C=O) groups excluding carboxylic acids is 1. The summed E-state index contributed by atoms with van der Waals surface area (Å²) in [5.74, 6) is -0.300. The van der Waals surface area contributed by atoms with E-state index >= 15 is 0 Å². The van der Waals surface area contributed by atoms with Crippen LogP contribution in [-0.2, 0) is 21.2 Å². The molecular formula is C20H21ClFNO4S. The molecule has 8 heteroatoms. The first-order valence-electron chi connectivity index (χ1n) is 8.87. The van der Waals surface area contributed by atoms with E-state index in [9.17, 15) is 17.6 Å². The van der Waals surface area contributed by atoms with Crippen LogP contribution in [0, 0.1) is 12.7 Å². The zero-order valence-electron chi connectivity index (χ0n) is 15.4. The Balaban J connectivity index is 1.75. The van der Waals surface area contributed by atoms with Crippen molar-refractivity contribution in [2.45, 2.75) is 25.9 Å². The zero-order valence-corrected chi connectivity index (χ0v) is 17.0. The summed E-state index contributed by atoms with van der Waals surface area (Å²) >= 11 is 5.99. The Labute approximate surface area is 169 Å². The van der Waals surface area contributed by atoms with Gasteiger partial charge in [0.05, 0.1) is 11.5 Å². The van der Waals surface area contributed by atoms with Gasteiger partial charge in [0.25, 0.3) is 5.91 Å². The molecule has 3 rings (SSSR count). The lowest BCUT2D eigenvalue weighted by Crippen LogP contribution is -2.43. The highest BCUT2D eigenvalue weighted by Gasteiger charge is 2.34. The molecule has 1 aliphatic heterocycles. The van der Waals surface area contributed by atoms with E-state index in [0.717, 1.165) is 5.56 Å². The molecule has 0 aliphatic carbocycles. The summed E-state index contributed by atoms with van der Waals surface area (Å²) in [5, 5.41) is 0.600. The van der Waals surface area contributed by atoms with E-state index in [0.29, 0.717) is 22.8 Å². The summed E-state index contributed by atoms with van der Waals surface area (Å²) in [6.07, 6.45) is 0.365. The molecule has 1 fully saturated rings. The minimum atomic E-state index is -3.18. The van der Waals surface area contributed by atoms with Crippen molar-refractivity contribution in [2.75, 3.05) is 18.1 Å². The van der Waals surface area contributed by atoms with Gasteiger partial charge in [-0.25, -0.2) is 12.8 Å². The van der Waals surface area contributed by atoms with Crippen LogP contribution in [0.2, 0.25) is 5.02 Å². The number of ether oxygens (including phenoxy) is 1. The maximum Gasteiger partial charge on any atom is 0.261 e. The number of amides is 1. The first-order valence-corrected chi connectivity index (χ1v) is 11.1. The van der Waals surface area contributed by atoms with E-state index in [2.05, 4.69) is 0 Å². The summed E-state index contributed by atoms with van der Waals surface area (Å²) < 4.78 is 42.9. The molecular weight excluding hydrogens is 405 g/mol. The van der Waals surface area contributed by atoms with Crippen molar-refractivity contribution < 1.29 is 22.3 Å². The highest BCUT2D eigenvalue weighted by Crippen LogP contribution is 2.23. The molecule has 0 saturated carbocycles. The fourth-order valence-corrected chi connectivity index (χ4v) is 5.06. The molecule has 0 bridgehead atoms. The molecule has 0 spiro atoms. The highest BCUT2D eigenvalue weighted by molar-refractivity contribution is 7.91. The average molecular weight is 426 g/mol. The van der Waals surface area contributed by atoms with Crippen molar-refractivity contribution >= 4 is 27.3 Å². The monoisotopic (exact) mass is 425 g/mol. The van der Waals surface area contributed by atoms with E-state index in [-0.39, 0.29) is 30.6 Å². The van der Waals surface area contributed by atoms with Gasteiger partial charge in [-0.15, -0.1) is 0 Å². The van der Waals surface area contributed by atoms with E-state index in [1.165, 1.54) is 17.0 Å². The second-order valence-corrected chi connectivity index (χ2v) is 9.54. The molecule has 1 aliphatic rings. The summed E-state index contributed by atoms with van der Waals surface area (Å²) in [6, 6.07) is 10.6. The fraction of sp³-hybridized carbons (Fsp3) is 0.350. The van der Waals surface area contributed by atoms with E-state index in [4.69, 9.17) is 16.3 Å². The molecule has 5 nitrogen and oxygen atoms in total. The largest absolute Gasteiger partial charge is 0.484 e. The third-order valence-corrected chi connectivity index (χ3v) is 6.88. The standard InChI is InChI=1S/C20H21ClFNO4S/c1-14-9-18(5-6-19(14)21)27-12-20(24)23(17-7-8-28(25,26)13-17)11-15-3-2-4-16(22)10-15/h2-6,9-10,17H,7-8,11-13H2,1H3/t17-/m0/s1. The predicted molar refractivity (Wildman–Crippen MR) is 106 cm³/mol. The predicted octanol–water partition coefficient (Wildman–Crippen LogP) is 3.38. The van der Waals surface area contributed by atoms with Crippen molar-refractivity contribution in [3.63, 3.8) is 0 Å². The van der Waals surface area contributed by atoms with Gasteiger partial charge in [0.2, 0.25) is 0 Å². The lowest BCUT2D eigenvalue weighted by atomic mass is 10.1. The molecule has 2 aromatic carbocycles. The second-order valence-electron chi connectivity index (χ2n) is 6.91. The molecule has 0 radical (unpaired) electrons. The summed E-state index contributed by atoms with van der Waals surface area (Å²) in [6.45, 7) is 1.71. The maximum atomic E-state index is 13.5.